The third-order valence-electron chi connectivity index (χ3n) is 5.40. The second-order valence-electron chi connectivity index (χ2n) is 7.50. The van der Waals surface area contributed by atoms with Crippen LogP contribution in [0.25, 0.3) is 6.08 Å². The molecule has 0 bridgehead atoms. The van der Waals surface area contributed by atoms with E-state index in [9.17, 15) is 4.79 Å². The molecule has 0 amide bonds. The van der Waals surface area contributed by atoms with Gasteiger partial charge in [-0.3, -0.25) is 4.79 Å². The van der Waals surface area contributed by atoms with Gasteiger partial charge in [0.2, 0.25) is 11.5 Å². The Morgan fingerprint density at radius 2 is 1.19 bits per heavy atom. The predicted molar refractivity (Wildman–Crippen MR) is 136 cm³/mol. The minimum atomic E-state index is -0.248. The van der Waals surface area contributed by atoms with Gasteiger partial charge in [-0.15, -0.1) is 0 Å². The van der Waals surface area contributed by atoms with Gasteiger partial charge in [-0.25, -0.2) is 0 Å². The van der Waals surface area contributed by atoms with E-state index in [1.807, 2.05) is 24.3 Å². The molecule has 0 N–H and O–H groups in total. The Bertz CT molecular complexity index is 1160. The SMILES string of the molecule is COc1ccc(COc2c(OC)cc(C(=O)/C=C/c3cc(OC)c(OC)c(OC)c3)cc2OC)cc1. The molecule has 3 rings (SSSR count). The van der Waals surface area contributed by atoms with Crippen LogP contribution in [-0.4, -0.2) is 48.4 Å². The zero-order chi connectivity index (χ0) is 26.1. The second-order valence-corrected chi connectivity index (χ2v) is 7.50. The number of hydrogen-bond donors (Lipinski definition) is 0. The van der Waals surface area contributed by atoms with Crippen molar-refractivity contribution in [3.05, 3.63) is 71.3 Å². The lowest BCUT2D eigenvalue weighted by atomic mass is 10.1. The molecule has 0 fully saturated rings. The summed E-state index contributed by atoms with van der Waals surface area (Å²) in [5.74, 6) is 3.14. The fraction of sp³-hybridized carbons (Fsp3) is 0.250. The van der Waals surface area contributed by atoms with Crippen LogP contribution in [0.1, 0.15) is 21.5 Å². The van der Waals surface area contributed by atoms with Crippen molar-refractivity contribution < 1.29 is 38.0 Å². The lowest BCUT2D eigenvalue weighted by Gasteiger charge is -2.16. The summed E-state index contributed by atoms with van der Waals surface area (Å²) in [5, 5.41) is 0. The van der Waals surface area contributed by atoms with Crippen LogP contribution in [0.2, 0.25) is 0 Å². The monoisotopic (exact) mass is 494 g/mol. The van der Waals surface area contributed by atoms with E-state index in [1.54, 1.807) is 37.5 Å². The smallest absolute Gasteiger partial charge is 0.203 e. The van der Waals surface area contributed by atoms with E-state index in [0.29, 0.717) is 45.6 Å². The molecule has 0 heterocycles. The first-order valence-corrected chi connectivity index (χ1v) is 11.0. The van der Waals surface area contributed by atoms with Gasteiger partial charge in [-0.2, -0.15) is 0 Å². The van der Waals surface area contributed by atoms with Gasteiger partial charge in [0.05, 0.1) is 42.7 Å². The Morgan fingerprint density at radius 3 is 1.67 bits per heavy atom. The zero-order valence-corrected chi connectivity index (χ0v) is 21.2. The van der Waals surface area contributed by atoms with Gasteiger partial charge in [0, 0.05) is 5.56 Å². The Kier molecular flexibility index (Phi) is 9.05. The van der Waals surface area contributed by atoms with Crippen LogP contribution in [0.3, 0.4) is 0 Å². The molecule has 3 aromatic carbocycles. The molecule has 0 aliphatic carbocycles. The van der Waals surface area contributed by atoms with Crippen LogP contribution in [-0.2, 0) is 6.61 Å². The third-order valence-corrected chi connectivity index (χ3v) is 5.40. The second kappa shape index (κ2) is 12.4. The van der Waals surface area contributed by atoms with Crippen molar-refractivity contribution in [1.29, 1.82) is 0 Å². The maximum atomic E-state index is 13.0. The molecule has 3 aromatic rings. The molecule has 0 atom stereocenters. The average Bonchev–Trinajstić information content (AvgIpc) is 2.93. The number of allylic oxidation sites excluding steroid dienone is 1. The predicted octanol–water partition coefficient (Wildman–Crippen LogP) is 5.21. The van der Waals surface area contributed by atoms with Gasteiger partial charge < -0.3 is 33.2 Å². The van der Waals surface area contributed by atoms with E-state index in [2.05, 4.69) is 0 Å². The van der Waals surface area contributed by atoms with Crippen molar-refractivity contribution in [2.75, 3.05) is 42.7 Å². The fourth-order valence-electron chi connectivity index (χ4n) is 3.51. The van der Waals surface area contributed by atoms with Gasteiger partial charge >= 0.3 is 0 Å². The van der Waals surface area contributed by atoms with Crippen LogP contribution in [0, 0.1) is 0 Å². The Labute approximate surface area is 210 Å². The van der Waals surface area contributed by atoms with Gasteiger partial charge in [0.25, 0.3) is 0 Å². The largest absolute Gasteiger partial charge is 0.497 e. The highest BCUT2D eigenvalue weighted by atomic mass is 16.5. The number of carbonyl (C=O) groups excluding carboxylic acids is 1. The molecular weight excluding hydrogens is 464 g/mol. The molecule has 0 aromatic heterocycles. The highest BCUT2D eigenvalue weighted by Crippen LogP contribution is 2.40. The molecule has 0 saturated heterocycles. The third kappa shape index (κ3) is 6.02. The maximum absolute atomic E-state index is 13.0. The van der Waals surface area contributed by atoms with Gasteiger partial charge in [0.15, 0.2) is 28.8 Å². The Morgan fingerprint density at radius 1 is 0.667 bits per heavy atom. The van der Waals surface area contributed by atoms with Crippen LogP contribution in [0.15, 0.2) is 54.6 Å². The number of benzene rings is 3. The van der Waals surface area contributed by atoms with E-state index in [1.165, 1.54) is 41.6 Å². The highest BCUT2D eigenvalue weighted by molar-refractivity contribution is 6.07. The quantitative estimate of drug-likeness (QED) is 0.251. The van der Waals surface area contributed by atoms with E-state index in [-0.39, 0.29) is 12.4 Å². The molecule has 0 spiro atoms. The molecule has 0 unspecified atom stereocenters. The summed E-state index contributed by atoms with van der Waals surface area (Å²) < 4.78 is 38.3. The topological polar surface area (TPSA) is 81.7 Å². The summed E-state index contributed by atoms with van der Waals surface area (Å²) in [4.78, 5) is 13.0. The number of ether oxygens (including phenoxy) is 7. The molecule has 36 heavy (non-hydrogen) atoms. The fourth-order valence-corrected chi connectivity index (χ4v) is 3.51. The van der Waals surface area contributed by atoms with E-state index < -0.39 is 0 Å². The van der Waals surface area contributed by atoms with Gasteiger partial charge in [0.1, 0.15) is 12.4 Å². The number of carbonyl (C=O) groups is 1. The summed E-state index contributed by atoms with van der Waals surface area (Å²) in [5.41, 5.74) is 2.02. The van der Waals surface area contributed by atoms with Crippen molar-refractivity contribution in [2.24, 2.45) is 0 Å². The minimum absolute atomic E-state index is 0.248. The normalized spacial score (nSPS) is 10.6. The lowest BCUT2D eigenvalue weighted by molar-refractivity contribution is 0.104. The van der Waals surface area contributed by atoms with E-state index >= 15 is 0 Å². The van der Waals surface area contributed by atoms with Crippen molar-refractivity contribution in [1.82, 2.24) is 0 Å². The molecule has 0 aliphatic rings. The summed E-state index contributed by atoms with van der Waals surface area (Å²) in [6, 6.07) is 14.3. The summed E-state index contributed by atoms with van der Waals surface area (Å²) in [6.07, 6.45) is 3.12. The van der Waals surface area contributed by atoms with Crippen LogP contribution < -0.4 is 33.2 Å². The van der Waals surface area contributed by atoms with E-state index in [0.717, 1.165) is 11.3 Å². The molecule has 8 nitrogen and oxygen atoms in total. The molecule has 0 aliphatic heterocycles. The van der Waals surface area contributed by atoms with Gasteiger partial charge in [-0.1, -0.05) is 18.2 Å². The maximum Gasteiger partial charge on any atom is 0.203 e. The summed E-state index contributed by atoms with van der Waals surface area (Å²) in [7, 11) is 9.23. The number of rotatable bonds is 12. The number of ketones is 1. The first-order valence-electron chi connectivity index (χ1n) is 11.0. The highest BCUT2D eigenvalue weighted by Gasteiger charge is 2.18. The number of methoxy groups -OCH3 is 6. The van der Waals surface area contributed by atoms with Crippen molar-refractivity contribution in [3.63, 3.8) is 0 Å². The van der Waals surface area contributed by atoms with Crippen molar-refractivity contribution >= 4 is 11.9 Å². The van der Waals surface area contributed by atoms with E-state index in [4.69, 9.17) is 33.2 Å². The standard InChI is InChI=1S/C28H30O8/c1-30-21-10-7-18(8-11-21)17-36-28-25(33-4)15-20(16-26(28)34-5)22(29)12-9-19-13-23(31-2)27(35-6)24(14-19)32-3/h7-16H,17H2,1-6H3/b12-9+. The minimum Gasteiger partial charge on any atom is -0.497 e. The van der Waals surface area contributed by atoms with Crippen LogP contribution in [0.4, 0.5) is 0 Å². The molecule has 0 radical (unpaired) electrons. The molecular formula is C28H30O8. The number of hydrogen-bond acceptors (Lipinski definition) is 8. The Hall–Kier alpha value is -4.33. The first kappa shape index (κ1) is 26.3. The van der Waals surface area contributed by atoms with Gasteiger partial charge in [-0.05, 0) is 53.6 Å². The zero-order valence-electron chi connectivity index (χ0n) is 21.2. The Balaban J connectivity index is 1.84. The van der Waals surface area contributed by atoms with Crippen molar-refractivity contribution in [2.45, 2.75) is 6.61 Å². The lowest BCUT2D eigenvalue weighted by Crippen LogP contribution is -2.03. The molecule has 8 heteroatoms. The first-order chi connectivity index (χ1) is 17.5. The van der Waals surface area contributed by atoms with Crippen LogP contribution >= 0.6 is 0 Å². The van der Waals surface area contributed by atoms with Crippen LogP contribution in [0.5, 0.6) is 40.2 Å². The summed E-state index contributed by atoms with van der Waals surface area (Å²) >= 11 is 0. The molecule has 190 valence electrons. The van der Waals surface area contributed by atoms with Crippen molar-refractivity contribution in [3.8, 4) is 40.2 Å². The molecule has 0 saturated carbocycles. The average molecular weight is 495 g/mol. The summed E-state index contributed by atoms with van der Waals surface area (Å²) in [6.45, 7) is 0.283.